The number of pyridine rings is 1. The zero-order valence-corrected chi connectivity index (χ0v) is 11.8. The first-order chi connectivity index (χ1) is 8.67. The average Bonchev–Trinajstić information content (AvgIpc) is 2.36. The van der Waals surface area contributed by atoms with Crippen molar-refractivity contribution in [1.82, 2.24) is 9.88 Å². The van der Waals surface area contributed by atoms with E-state index in [1.807, 2.05) is 0 Å². The van der Waals surface area contributed by atoms with Gasteiger partial charge < -0.3 is 14.9 Å². The number of carboxylic acid groups (broad SMARTS) is 1. The third-order valence-electron chi connectivity index (χ3n) is 3.12. The van der Waals surface area contributed by atoms with E-state index < -0.39 is 11.5 Å². The summed E-state index contributed by atoms with van der Waals surface area (Å²) < 4.78 is 0. The van der Waals surface area contributed by atoms with Crippen LogP contribution in [0.15, 0.2) is 18.3 Å². The van der Waals surface area contributed by atoms with Crippen molar-refractivity contribution in [2.24, 2.45) is 0 Å². The van der Waals surface area contributed by atoms with Crippen molar-refractivity contribution in [3.8, 4) is 0 Å². The molecular formula is C13H19N3O3. The second kappa shape index (κ2) is 5.26. The molecule has 0 aliphatic rings. The zero-order valence-electron chi connectivity index (χ0n) is 11.8. The molecule has 6 nitrogen and oxygen atoms in total. The van der Waals surface area contributed by atoms with Crippen molar-refractivity contribution < 1.29 is 14.7 Å². The highest BCUT2D eigenvalue weighted by molar-refractivity contribution is 5.93. The standard InChI is InChI=1S/C13H19N3O3/c1-13(2,12(18)19)16(5)9-6-7-14-10(8-9)11(17)15(3)4/h6-8H,1-5H3,(H,18,19). The molecule has 0 unspecified atom stereocenters. The maximum Gasteiger partial charge on any atom is 0.328 e. The van der Waals surface area contributed by atoms with Crippen LogP contribution in [0.1, 0.15) is 24.3 Å². The summed E-state index contributed by atoms with van der Waals surface area (Å²) in [7, 11) is 4.95. The lowest BCUT2D eigenvalue weighted by atomic mass is 10.0. The number of hydrogen-bond acceptors (Lipinski definition) is 4. The predicted molar refractivity (Wildman–Crippen MR) is 72.4 cm³/mol. The molecule has 0 spiro atoms. The van der Waals surface area contributed by atoms with Gasteiger partial charge in [0.15, 0.2) is 0 Å². The fraction of sp³-hybridized carbons (Fsp3) is 0.462. The van der Waals surface area contributed by atoms with E-state index in [1.54, 1.807) is 52.0 Å². The van der Waals surface area contributed by atoms with E-state index in [0.717, 1.165) is 0 Å². The topological polar surface area (TPSA) is 73.7 Å². The summed E-state index contributed by atoms with van der Waals surface area (Å²) in [4.78, 5) is 30.1. The van der Waals surface area contributed by atoms with Gasteiger partial charge in [0.05, 0.1) is 0 Å². The lowest BCUT2D eigenvalue weighted by Gasteiger charge is -2.33. The van der Waals surface area contributed by atoms with Crippen LogP contribution in [0.2, 0.25) is 0 Å². The van der Waals surface area contributed by atoms with Crippen LogP contribution in [-0.2, 0) is 4.79 Å². The Kier molecular flexibility index (Phi) is 4.14. The first-order valence-electron chi connectivity index (χ1n) is 5.83. The summed E-state index contributed by atoms with van der Waals surface area (Å²) in [6.45, 7) is 3.20. The van der Waals surface area contributed by atoms with E-state index >= 15 is 0 Å². The second-order valence-corrected chi connectivity index (χ2v) is 5.02. The largest absolute Gasteiger partial charge is 0.480 e. The molecule has 1 aromatic rings. The van der Waals surface area contributed by atoms with Crippen LogP contribution >= 0.6 is 0 Å². The number of hydrogen-bond donors (Lipinski definition) is 1. The van der Waals surface area contributed by atoms with Crippen LogP contribution in [0.4, 0.5) is 5.69 Å². The Balaban J connectivity index is 3.13. The van der Waals surface area contributed by atoms with Gasteiger partial charge in [0.1, 0.15) is 11.2 Å². The van der Waals surface area contributed by atoms with Crippen LogP contribution in [-0.4, -0.2) is 53.5 Å². The van der Waals surface area contributed by atoms with Gasteiger partial charge in [-0.15, -0.1) is 0 Å². The van der Waals surface area contributed by atoms with Crippen LogP contribution in [0, 0.1) is 0 Å². The number of anilines is 1. The van der Waals surface area contributed by atoms with Gasteiger partial charge in [0, 0.05) is 33.0 Å². The lowest BCUT2D eigenvalue weighted by molar-refractivity contribution is -0.142. The molecule has 19 heavy (non-hydrogen) atoms. The third kappa shape index (κ3) is 3.01. The van der Waals surface area contributed by atoms with E-state index in [4.69, 9.17) is 0 Å². The smallest absolute Gasteiger partial charge is 0.328 e. The van der Waals surface area contributed by atoms with Crippen molar-refractivity contribution in [3.05, 3.63) is 24.0 Å². The highest BCUT2D eigenvalue weighted by atomic mass is 16.4. The first kappa shape index (κ1) is 14.9. The molecule has 0 atom stereocenters. The molecule has 104 valence electrons. The summed E-state index contributed by atoms with van der Waals surface area (Å²) in [5.41, 5.74) is -0.150. The molecule has 6 heteroatoms. The molecular weight excluding hydrogens is 246 g/mol. The quantitative estimate of drug-likeness (QED) is 0.882. The molecule has 0 fully saturated rings. The fourth-order valence-electron chi connectivity index (χ4n) is 1.44. The molecule has 1 amide bonds. The summed E-state index contributed by atoms with van der Waals surface area (Å²) >= 11 is 0. The number of aliphatic carboxylic acids is 1. The number of carbonyl (C=O) groups excluding carboxylic acids is 1. The molecule has 0 aliphatic heterocycles. The summed E-state index contributed by atoms with van der Waals surface area (Å²) in [5.74, 6) is -1.16. The molecule has 0 saturated carbocycles. The molecule has 1 N–H and O–H groups in total. The SMILES string of the molecule is CN(C)C(=O)c1cc(N(C)C(C)(C)C(=O)O)ccn1. The van der Waals surface area contributed by atoms with Gasteiger partial charge in [-0.25, -0.2) is 4.79 Å². The number of rotatable bonds is 4. The molecule has 1 heterocycles. The van der Waals surface area contributed by atoms with Crippen molar-refractivity contribution in [2.75, 3.05) is 26.0 Å². The number of aromatic nitrogens is 1. The Morgan fingerprint density at radius 1 is 1.26 bits per heavy atom. The Bertz CT molecular complexity index is 498. The van der Waals surface area contributed by atoms with E-state index in [1.165, 1.54) is 11.1 Å². The minimum absolute atomic E-state index is 0.219. The van der Waals surface area contributed by atoms with Gasteiger partial charge in [-0.1, -0.05) is 0 Å². The maximum atomic E-state index is 11.8. The summed E-state index contributed by atoms with van der Waals surface area (Å²) in [6, 6.07) is 3.27. The van der Waals surface area contributed by atoms with E-state index in [2.05, 4.69) is 4.98 Å². The molecule has 0 radical (unpaired) electrons. The van der Waals surface area contributed by atoms with E-state index in [-0.39, 0.29) is 11.6 Å². The predicted octanol–water partition coefficient (Wildman–Crippen LogP) is 1.08. The molecule has 0 bridgehead atoms. The van der Waals surface area contributed by atoms with E-state index in [9.17, 15) is 14.7 Å². The van der Waals surface area contributed by atoms with Crippen molar-refractivity contribution in [2.45, 2.75) is 19.4 Å². The lowest BCUT2D eigenvalue weighted by Crippen LogP contribution is -2.48. The van der Waals surface area contributed by atoms with Crippen LogP contribution < -0.4 is 4.90 Å². The van der Waals surface area contributed by atoms with Crippen LogP contribution in [0.25, 0.3) is 0 Å². The molecule has 0 saturated heterocycles. The third-order valence-corrected chi connectivity index (χ3v) is 3.12. The number of carboxylic acids is 1. The van der Waals surface area contributed by atoms with Gasteiger partial charge in [0.25, 0.3) is 5.91 Å². The fourth-order valence-corrected chi connectivity index (χ4v) is 1.44. The second-order valence-electron chi connectivity index (χ2n) is 5.02. The molecule has 1 rings (SSSR count). The van der Waals surface area contributed by atoms with Crippen molar-refractivity contribution in [1.29, 1.82) is 0 Å². The normalized spacial score (nSPS) is 11.0. The number of likely N-dealkylation sites (N-methyl/N-ethyl adjacent to an activating group) is 1. The van der Waals surface area contributed by atoms with Gasteiger partial charge in [0.2, 0.25) is 0 Å². The number of amides is 1. The molecule has 1 aromatic heterocycles. The maximum absolute atomic E-state index is 11.8. The van der Waals surface area contributed by atoms with Crippen molar-refractivity contribution >= 4 is 17.6 Å². The highest BCUT2D eigenvalue weighted by Gasteiger charge is 2.32. The average molecular weight is 265 g/mol. The highest BCUT2D eigenvalue weighted by Crippen LogP contribution is 2.22. The Morgan fingerprint density at radius 2 is 1.84 bits per heavy atom. The Labute approximate surface area is 112 Å². The molecule has 0 aromatic carbocycles. The minimum atomic E-state index is -1.07. The van der Waals surface area contributed by atoms with Gasteiger partial charge >= 0.3 is 5.97 Å². The molecule has 0 aliphatic carbocycles. The monoisotopic (exact) mass is 265 g/mol. The summed E-state index contributed by atoms with van der Waals surface area (Å²) in [6.07, 6.45) is 1.50. The summed E-state index contributed by atoms with van der Waals surface area (Å²) in [5, 5.41) is 9.21. The van der Waals surface area contributed by atoms with Crippen molar-refractivity contribution in [3.63, 3.8) is 0 Å². The van der Waals surface area contributed by atoms with Gasteiger partial charge in [-0.2, -0.15) is 0 Å². The van der Waals surface area contributed by atoms with Crippen LogP contribution in [0.5, 0.6) is 0 Å². The van der Waals surface area contributed by atoms with E-state index in [0.29, 0.717) is 5.69 Å². The number of nitrogens with zero attached hydrogens (tertiary/aromatic N) is 3. The number of carbonyl (C=O) groups is 2. The zero-order chi connectivity index (χ0) is 14.8. The Morgan fingerprint density at radius 3 is 2.32 bits per heavy atom. The van der Waals surface area contributed by atoms with Crippen LogP contribution in [0.3, 0.4) is 0 Å². The Hall–Kier alpha value is -2.11. The van der Waals surface area contributed by atoms with Gasteiger partial charge in [-0.3, -0.25) is 9.78 Å². The first-order valence-corrected chi connectivity index (χ1v) is 5.83. The van der Waals surface area contributed by atoms with Gasteiger partial charge in [-0.05, 0) is 26.0 Å². The minimum Gasteiger partial charge on any atom is -0.480 e.